The summed E-state index contributed by atoms with van der Waals surface area (Å²) >= 11 is 0. The Balaban J connectivity index is 3.77. The lowest BCUT2D eigenvalue weighted by Gasteiger charge is -2.19. The standard InChI is InChI=1S/C12H26N2O2S/c1-5-11(6-2)14-12(15)10(3)13-8-7-9-17(4)16/h10-11,13H,5-9H2,1-4H3,(H,14,15). The summed E-state index contributed by atoms with van der Waals surface area (Å²) < 4.78 is 10.8. The summed E-state index contributed by atoms with van der Waals surface area (Å²) in [6.07, 6.45) is 4.46. The van der Waals surface area contributed by atoms with Crippen LogP contribution in [-0.4, -0.2) is 40.8 Å². The Kier molecular flexibility index (Phi) is 9.36. The van der Waals surface area contributed by atoms with E-state index < -0.39 is 10.8 Å². The van der Waals surface area contributed by atoms with Crippen LogP contribution in [0.5, 0.6) is 0 Å². The number of hydrogen-bond acceptors (Lipinski definition) is 3. The van der Waals surface area contributed by atoms with Crippen LogP contribution in [0, 0.1) is 0 Å². The van der Waals surface area contributed by atoms with Crippen LogP contribution in [0.1, 0.15) is 40.0 Å². The van der Waals surface area contributed by atoms with Crippen molar-refractivity contribution in [3.8, 4) is 0 Å². The van der Waals surface area contributed by atoms with Crippen LogP contribution >= 0.6 is 0 Å². The Morgan fingerprint density at radius 1 is 1.29 bits per heavy atom. The van der Waals surface area contributed by atoms with Gasteiger partial charge in [-0.2, -0.15) is 0 Å². The molecule has 0 aliphatic carbocycles. The second kappa shape index (κ2) is 9.59. The average molecular weight is 262 g/mol. The lowest BCUT2D eigenvalue weighted by Crippen LogP contribution is -2.46. The zero-order chi connectivity index (χ0) is 13.3. The third-order valence-corrected chi connectivity index (χ3v) is 3.65. The quantitative estimate of drug-likeness (QED) is 0.610. The summed E-state index contributed by atoms with van der Waals surface area (Å²) in [5.74, 6) is 0.741. The van der Waals surface area contributed by atoms with E-state index >= 15 is 0 Å². The maximum absolute atomic E-state index is 11.8. The topological polar surface area (TPSA) is 58.2 Å². The van der Waals surface area contributed by atoms with Gasteiger partial charge in [-0.1, -0.05) is 13.8 Å². The Hall–Kier alpha value is -0.420. The van der Waals surface area contributed by atoms with Crippen molar-refractivity contribution in [1.82, 2.24) is 10.6 Å². The van der Waals surface area contributed by atoms with Gasteiger partial charge in [-0.05, 0) is 32.7 Å². The van der Waals surface area contributed by atoms with Gasteiger partial charge in [-0.15, -0.1) is 0 Å². The highest BCUT2D eigenvalue weighted by Gasteiger charge is 2.14. The first-order valence-electron chi connectivity index (χ1n) is 6.35. The predicted molar refractivity (Wildman–Crippen MR) is 73.5 cm³/mol. The highest BCUT2D eigenvalue weighted by Crippen LogP contribution is 1.97. The molecule has 1 amide bonds. The molecule has 0 rings (SSSR count). The first-order valence-corrected chi connectivity index (χ1v) is 8.07. The van der Waals surface area contributed by atoms with E-state index in [1.54, 1.807) is 6.26 Å². The Labute approximate surface area is 107 Å². The van der Waals surface area contributed by atoms with E-state index in [4.69, 9.17) is 0 Å². The number of carbonyl (C=O) groups excluding carboxylic acids is 1. The van der Waals surface area contributed by atoms with Crippen molar-refractivity contribution in [2.45, 2.75) is 52.1 Å². The molecule has 0 spiro atoms. The number of hydrogen-bond donors (Lipinski definition) is 2. The Morgan fingerprint density at radius 2 is 1.88 bits per heavy atom. The van der Waals surface area contributed by atoms with Crippen molar-refractivity contribution in [3.63, 3.8) is 0 Å². The van der Waals surface area contributed by atoms with Gasteiger partial charge >= 0.3 is 0 Å². The molecule has 0 heterocycles. The van der Waals surface area contributed by atoms with Gasteiger partial charge < -0.3 is 10.6 Å². The van der Waals surface area contributed by atoms with Crippen LogP contribution in [0.2, 0.25) is 0 Å². The monoisotopic (exact) mass is 262 g/mol. The minimum absolute atomic E-state index is 0.0521. The molecule has 5 heteroatoms. The van der Waals surface area contributed by atoms with Gasteiger partial charge in [0.25, 0.3) is 0 Å². The fourth-order valence-electron chi connectivity index (χ4n) is 1.51. The van der Waals surface area contributed by atoms with Crippen molar-refractivity contribution in [3.05, 3.63) is 0 Å². The Morgan fingerprint density at radius 3 is 2.35 bits per heavy atom. The normalized spacial score (nSPS) is 14.6. The van der Waals surface area contributed by atoms with Crippen LogP contribution in [0.4, 0.5) is 0 Å². The van der Waals surface area contributed by atoms with E-state index in [9.17, 15) is 9.00 Å². The van der Waals surface area contributed by atoms with Crippen LogP contribution in [0.3, 0.4) is 0 Å². The van der Waals surface area contributed by atoms with Crippen molar-refractivity contribution in [2.24, 2.45) is 0 Å². The first kappa shape index (κ1) is 16.6. The molecular formula is C12H26N2O2S. The van der Waals surface area contributed by atoms with Gasteiger partial charge in [-0.3, -0.25) is 9.00 Å². The maximum Gasteiger partial charge on any atom is 0.237 e. The smallest absolute Gasteiger partial charge is 0.237 e. The molecule has 0 aromatic carbocycles. The van der Waals surface area contributed by atoms with Crippen LogP contribution in [0.15, 0.2) is 0 Å². The van der Waals surface area contributed by atoms with E-state index in [0.29, 0.717) is 5.75 Å². The summed E-state index contributed by atoms with van der Waals surface area (Å²) in [4.78, 5) is 11.8. The molecule has 0 bridgehead atoms. The third kappa shape index (κ3) is 8.32. The summed E-state index contributed by atoms with van der Waals surface area (Å²) in [6, 6.07) is 0.0933. The molecule has 2 unspecified atom stereocenters. The Bertz CT molecular complexity index is 243. The predicted octanol–water partition coefficient (Wildman–Crippen LogP) is 1.04. The molecule has 0 radical (unpaired) electrons. The highest BCUT2D eigenvalue weighted by atomic mass is 32.2. The largest absolute Gasteiger partial charge is 0.352 e. The van der Waals surface area contributed by atoms with E-state index in [0.717, 1.165) is 25.8 Å². The lowest BCUT2D eigenvalue weighted by atomic mass is 10.1. The van der Waals surface area contributed by atoms with Crippen LogP contribution in [0.25, 0.3) is 0 Å². The van der Waals surface area contributed by atoms with E-state index in [1.807, 2.05) is 6.92 Å². The molecule has 4 nitrogen and oxygen atoms in total. The zero-order valence-electron chi connectivity index (χ0n) is 11.4. The second-order valence-corrected chi connectivity index (χ2v) is 5.88. The lowest BCUT2D eigenvalue weighted by molar-refractivity contribution is -0.123. The highest BCUT2D eigenvalue weighted by molar-refractivity contribution is 7.84. The summed E-state index contributed by atoms with van der Waals surface area (Å²) in [5, 5.41) is 6.15. The molecular weight excluding hydrogens is 236 g/mol. The zero-order valence-corrected chi connectivity index (χ0v) is 12.2. The molecule has 2 atom stereocenters. The number of nitrogens with one attached hydrogen (secondary N) is 2. The molecule has 0 aliphatic rings. The molecule has 0 aliphatic heterocycles. The van der Waals surface area contributed by atoms with Gasteiger partial charge in [0.1, 0.15) is 0 Å². The van der Waals surface area contributed by atoms with Crippen molar-refractivity contribution >= 4 is 16.7 Å². The molecule has 0 saturated heterocycles. The van der Waals surface area contributed by atoms with E-state index in [-0.39, 0.29) is 18.0 Å². The van der Waals surface area contributed by atoms with Gasteiger partial charge in [0, 0.05) is 28.9 Å². The van der Waals surface area contributed by atoms with Gasteiger partial charge in [0.2, 0.25) is 5.91 Å². The minimum Gasteiger partial charge on any atom is -0.352 e. The number of amides is 1. The number of rotatable bonds is 9. The molecule has 0 aromatic rings. The number of carbonyl (C=O) groups is 1. The van der Waals surface area contributed by atoms with Crippen LogP contribution in [-0.2, 0) is 15.6 Å². The summed E-state index contributed by atoms with van der Waals surface area (Å²) in [5.41, 5.74) is 0. The fraction of sp³-hybridized carbons (Fsp3) is 0.917. The van der Waals surface area contributed by atoms with Gasteiger partial charge in [0.05, 0.1) is 6.04 Å². The summed E-state index contributed by atoms with van der Waals surface area (Å²) in [7, 11) is -0.744. The average Bonchev–Trinajstić information content (AvgIpc) is 2.30. The van der Waals surface area contributed by atoms with Crippen molar-refractivity contribution in [2.75, 3.05) is 18.6 Å². The first-order chi connectivity index (χ1) is 8.01. The van der Waals surface area contributed by atoms with Crippen molar-refractivity contribution in [1.29, 1.82) is 0 Å². The molecule has 102 valence electrons. The third-order valence-electron chi connectivity index (χ3n) is 2.78. The maximum atomic E-state index is 11.8. The van der Waals surface area contributed by atoms with Gasteiger partial charge in [0.15, 0.2) is 0 Å². The van der Waals surface area contributed by atoms with E-state index in [2.05, 4.69) is 24.5 Å². The fourth-order valence-corrected chi connectivity index (χ4v) is 2.06. The molecule has 0 fully saturated rings. The molecule has 2 N–H and O–H groups in total. The molecule has 0 saturated carbocycles. The van der Waals surface area contributed by atoms with E-state index in [1.165, 1.54) is 0 Å². The van der Waals surface area contributed by atoms with Crippen LogP contribution < -0.4 is 10.6 Å². The summed E-state index contributed by atoms with van der Waals surface area (Å²) in [6.45, 7) is 6.74. The van der Waals surface area contributed by atoms with Crippen molar-refractivity contribution < 1.29 is 9.00 Å². The molecule has 0 aromatic heterocycles. The minimum atomic E-state index is -0.744. The van der Waals surface area contributed by atoms with Gasteiger partial charge in [-0.25, -0.2) is 0 Å². The SMILES string of the molecule is CCC(CC)NC(=O)C(C)NCCCS(C)=O. The second-order valence-electron chi connectivity index (χ2n) is 4.33. The molecule has 17 heavy (non-hydrogen) atoms.